The molecular formula is C20H23ClN2O4S. The smallest absolute Gasteiger partial charge is 0.217 e. The largest absolute Gasteiger partial charge is 0.726 e. The molecule has 150 valence electrons. The lowest BCUT2D eigenvalue weighted by molar-refractivity contribution is -0.459. The van der Waals surface area contributed by atoms with Gasteiger partial charge >= 0.3 is 0 Å². The fourth-order valence-corrected chi connectivity index (χ4v) is 3.28. The quantitative estimate of drug-likeness (QED) is 0.250. The average Bonchev–Trinajstić information content (AvgIpc) is 2.66. The molecule has 1 atom stereocenters. The molecule has 0 aliphatic carbocycles. The van der Waals surface area contributed by atoms with Crippen LogP contribution in [0.3, 0.4) is 0 Å². The first-order valence-electron chi connectivity index (χ1n) is 8.45. The van der Waals surface area contributed by atoms with Crippen molar-refractivity contribution < 1.29 is 21.7 Å². The molecule has 28 heavy (non-hydrogen) atoms. The van der Waals surface area contributed by atoms with Crippen LogP contribution in [-0.2, 0) is 14.6 Å². The van der Waals surface area contributed by atoms with E-state index in [1.165, 1.54) is 11.1 Å². The predicted molar refractivity (Wildman–Crippen MR) is 111 cm³/mol. The van der Waals surface area contributed by atoms with E-state index >= 15 is 0 Å². The Hall–Kier alpha value is -2.19. The fourth-order valence-electron chi connectivity index (χ4n) is 3.03. The summed E-state index contributed by atoms with van der Waals surface area (Å²) in [7, 11) is 2.47. The van der Waals surface area contributed by atoms with Crippen LogP contribution in [0.15, 0.2) is 65.3 Å². The zero-order chi connectivity index (χ0) is 20.9. The Labute approximate surface area is 171 Å². The van der Waals surface area contributed by atoms with Crippen molar-refractivity contribution in [3.05, 3.63) is 76.5 Å². The molecule has 0 saturated heterocycles. The summed E-state index contributed by atoms with van der Waals surface area (Å²) < 4.78 is 33.1. The number of allylic oxidation sites excluding steroid dienone is 1. The van der Waals surface area contributed by atoms with Crippen molar-refractivity contribution in [3.63, 3.8) is 0 Å². The molecule has 0 spiro atoms. The molecule has 3 rings (SSSR count). The number of para-hydroxylation sites is 1. The summed E-state index contributed by atoms with van der Waals surface area (Å²) in [5.74, 6) is 0.156. The fraction of sp³-hybridized carbons (Fsp3) is 0.250. The number of hydrogen-bond acceptors (Lipinski definition) is 5. The molecule has 1 aliphatic heterocycles. The third kappa shape index (κ3) is 5.42. The van der Waals surface area contributed by atoms with Gasteiger partial charge in [-0.05, 0) is 17.2 Å². The van der Waals surface area contributed by atoms with Crippen LogP contribution in [0.2, 0.25) is 0 Å². The first kappa shape index (κ1) is 22.1. The average molecular weight is 423 g/mol. The first-order chi connectivity index (χ1) is 13.2. The van der Waals surface area contributed by atoms with Crippen molar-refractivity contribution in [2.75, 3.05) is 33.2 Å². The van der Waals surface area contributed by atoms with Crippen molar-refractivity contribution in [2.45, 2.75) is 5.92 Å². The monoisotopic (exact) mass is 422 g/mol. The molecule has 1 heterocycles. The van der Waals surface area contributed by atoms with Gasteiger partial charge in [0.1, 0.15) is 19.3 Å². The third-order valence-electron chi connectivity index (χ3n) is 4.19. The van der Waals surface area contributed by atoms with Gasteiger partial charge in [0.25, 0.3) is 0 Å². The second-order valence-corrected chi connectivity index (χ2v) is 7.88. The van der Waals surface area contributed by atoms with Gasteiger partial charge in [-0.25, -0.2) is 13.0 Å². The second-order valence-electron chi connectivity index (χ2n) is 6.38. The van der Waals surface area contributed by atoms with Gasteiger partial charge in [-0.15, -0.1) is 0 Å². The number of rotatable bonds is 3. The minimum Gasteiger partial charge on any atom is -0.726 e. The number of hydrogen-bond donors (Lipinski definition) is 0. The second kappa shape index (κ2) is 9.34. The molecule has 0 amide bonds. The summed E-state index contributed by atoms with van der Waals surface area (Å²) in [6.45, 7) is 0. The zero-order valence-corrected chi connectivity index (χ0v) is 17.7. The van der Waals surface area contributed by atoms with Gasteiger partial charge in [0, 0.05) is 18.7 Å². The van der Waals surface area contributed by atoms with Crippen LogP contribution in [0.25, 0.3) is 0 Å². The van der Waals surface area contributed by atoms with Crippen LogP contribution in [-0.4, -0.2) is 52.0 Å². The van der Waals surface area contributed by atoms with Gasteiger partial charge in [0.15, 0.2) is 6.21 Å². The van der Waals surface area contributed by atoms with Crippen molar-refractivity contribution in [1.29, 1.82) is 0 Å². The van der Waals surface area contributed by atoms with Crippen LogP contribution in [0.1, 0.15) is 17.0 Å². The lowest BCUT2D eigenvalue weighted by Crippen LogP contribution is -2.26. The lowest BCUT2D eigenvalue weighted by atomic mass is 9.82. The molecule has 0 bridgehead atoms. The van der Waals surface area contributed by atoms with E-state index in [4.69, 9.17) is 11.6 Å². The molecule has 1 aliphatic rings. The Kier molecular flexibility index (Phi) is 7.37. The van der Waals surface area contributed by atoms with Crippen molar-refractivity contribution in [1.82, 2.24) is 0 Å². The Morgan fingerprint density at radius 3 is 2.18 bits per heavy atom. The van der Waals surface area contributed by atoms with Gasteiger partial charge < -0.3 is 9.45 Å². The molecule has 0 saturated carbocycles. The highest BCUT2D eigenvalue weighted by atomic mass is 35.5. The summed E-state index contributed by atoms with van der Waals surface area (Å²) >= 11 is 6.70. The number of fused-ring (bicyclic) bond motifs is 1. The normalized spacial score (nSPS) is 16.1. The highest BCUT2D eigenvalue weighted by Crippen LogP contribution is 2.44. The zero-order valence-electron chi connectivity index (χ0n) is 16.2. The minimum atomic E-state index is -4.41. The Balaban J connectivity index is 0.000000409. The molecule has 0 N–H and O–H groups in total. The van der Waals surface area contributed by atoms with Crippen molar-refractivity contribution in [3.8, 4) is 0 Å². The molecule has 2 aromatic carbocycles. The summed E-state index contributed by atoms with van der Waals surface area (Å²) in [5.41, 5.74) is 4.83. The van der Waals surface area contributed by atoms with E-state index in [0.717, 1.165) is 23.5 Å². The molecule has 6 nitrogen and oxygen atoms in total. The van der Waals surface area contributed by atoms with E-state index in [2.05, 4.69) is 68.4 Å². The number of benzene rings is 2. The third-order valence-corrected chi connectivity index (χ3v) is 5.07. The van der Waals surface area contributed by atoms with E-state index in [9.17, 15) is 13.0 Å². The van der Waals surface area contributed by atoms with Crippen LogP contribution < -0.4 is 4.90 Å². The maximum Gasteiger partial charge on any atom is 0.217 e. The first-order valence-corrected chi connectivity index (χ1v) is 10.2. The van der Waals surface area contributed by atoms with E-state index in [0.29, 0.717) is 0 Å². The Bertz CT molecular complexity index is 984. The van der Waals surface area contributed by atoms with Crippen LogP contribution in [0.5, 0.6) is 0 Å². The molecule has 0 aromatic heterocycles. The number of anilines is 1. The van der Waals surface area contributed by atoms with Gasteiger partial charge in [0.2, 0.25) is 10.4 Å². The molecule has 8 heteroatoms. The number of halogens is 1. The van der Waals surface area contributed by atoms with E-state index in [1.54, 1.807) is 0 Å². The molecule has 2 aromatic rings. The maximum atomic E-state index is 9.22. The SMILES string of the molecule is CN1C(Cl)=C(C=[N+](C)C)C(c2ccccc2)c2ccccc21.COS(=O)(=O)[O-]. The highest BCUT2D eigenvalue weighted by Gasteiger charge is 2.32. The lowest BCUT2D eigenvalue weighted by Gasteiger charge is -2.33. The highest BCUT2D eigenvalue weighted by molar-refractivity contribution is 7.80. The molecular weight excluding hydrogens is 400 g/mol. The van der Waals surface area contributed by atoms with Gasteiger partial charge in [-0.2, -0.15) is 0 Å². The topological polar surface area (TPSA) is 72.7 Å². The van der Waals surface area contributed by atoms with Crippen LogP contribution in [0, 0.1) is 0 Å². The molecule has 0 radical (unpaired) electrons. The van der Waals surface area contributed by atoms with E-state index in [1.807, 2.05) is 27.2 Å². The maximum absolute atomic E-state index is 9.22. The summed E-state index contributed by atoms with van der Waals surface area (Å²) in [4.78, 5) is 2.06. The molecule has 1 unspecified atom stereocenters. The van der Waals surface area contributed by atoms with Crippen LogP contribution >= 0.6 is 11.6 Å². The molecule has 0 fully saturated rings. The Morgan fingerprint density at radius 1 is 1.11 bits per heavy atom. The van der Waals surface area contributed by atoms with Crippen molar-refractivity contribution in [2.24, 2.45) is 0 Å². The van der Waals surface area contributed by atoms with Crippen LogP contribution in [0.4, 0.5) is 5.69 Å². The van der Waals surface area contributed by atoms with Gasteiger partial charge in [0.05, 0.1) is 12.7 Å². The standard InChI is InChI=1S/C19H20ClN2.CH4O4S/c1-21(2)13-16-18(14-9-5-4-6-10-14)15-11-7-8-12-17(15)22(3)19(16)20;1-5-6(2,3)4/h4-13,18H,1-3H3;1H3,(H,2,3,4)/q+1;/p-1. The number of nitrogens with zero attached hydrogens (tertiary/aromatic N) is 2. The van der Waals surface area contributed by atoms with E-state index < -0.39 is 10.4 Å². The van der Waals surface area contributed by atoms with Gasteiger partial charge in [-0.3, -0.25) is 4.18 Å². The van der Waals surface area contributed by atoms with E-state index in [-0.39, 0.29) is 5.92 Å². The summed E-state index contributed by atoms with van der Waals surface area (Å²) in [6, 6.07) is 19.0. The predicted octanol–water partition coefficient (Wildman–Crippen LogP) is 3.15. The van der Waals surface area contributed by atoms with Gasteiger partial charge in [-0.1, -0.05) is 60.1 Å². The van der Waals surface area contributed by atoms with Crippen molar-refractivity contribution >= 4 is 33.9 Å². The summed E-state index contributed by atoms with van der Waals surface area (Å²) in [5, 5.41) is 0.779. The minimum absolute atomic E-state index is 0.156. The summed E-state index contributed by atoms with van der Waals surface area (Å²) in [6.07, 6.45) is 2.12. The Morgan fingerprint density at radius 2 is 1.64 bits per heavy atom.